The van der Waals surface area contributed by atoms with E-state index in [1.54, 1.807) is 0 Å². The molecule has 92 valence electrons. The van der Waals surface area contributed by atoms with Crippen LogP contribution >= 0.6 is 0 Å². The zero-order valence-electron chi connectivity index (χ0n) is 10.0. The number of ether oxygens (including phenoxy) is 1. The average Bonchev–Trinajstić information content (AvgIpc) is 2.45. The van der Waals surface area contributed by atoms with Crippen molar-refractivity contribution in [3.8, 4) is 5.75 Å². The van der Waals surface area contributed by atoms with Crippen molar-refractivity contribution in [2.24, 2.45) is 11.5 Å². The summed E-state index contributed by atoms with van der Waals surface area (Å²) in [5.41, 5.74) is 13.7. The van der Waals surface area contributed by atoms with Crippen molar-refractivity contribution < 1.29 is 4.74 Å². The van der Waals surface area contributed by atoms with Crippen molar-refractivity contribution in [3.63, 3.8) is 0 Å². The van der Waals surface area contributed by atoms with Gasteiger partial charge in [-0.05, 0) is 17.7 Å². The zero-order chi connectivity index (χ0) is 12.8. The maximum atomic E-state index is 5.82. The van der Waals surface area contributed by atoms with Crippen LogP contribution in [0.15, 0.2) is 60.8 Å². The van der Waals surface area contributed by atoms with Gasteiger partial charge in [0, 0.05) is 11.8 Å². The number of para-hydroxylation sites is 1. The van der Waals surface area contributed by atoms with Crippen molar-refractivity contribution in [1.29, 1.82) is 0 Å². The SMILES string of the molecule is N/C=C(\N)c1ccccc1OCc1ccccc1. The molecule has 0 saturated carbocycles. The van der Waals surface area contributed by atoms with Crippen LogP contribution in [0.4, 0.5) is 0 Å². The molecule has 0 aliphatic rings. The van der Waals surface area contributed by atoms with Crippen LogP contribution in [0.5, 0.6) is 5.75 Å². The molecule has 2 aromatic rings. The molecule has 0 heterocycles. The molecule has 18 heavy (non-hydrogen) atoms. The molecule has 3 nitrogen and oxygen atoms in total. The zero-order valence-corrected chi connectivity index (χ0v) is 10.0. The van der Waals surface area contributed by atoms with Gasteiger partial charge in [-0.2, -0.15) is 0 Å². The van der Waals surface area contributed by atoms with Crippen molar-refractivity contribution in [2.45, 2.75) is 6.61 Å². The molecule has 0 saturated heterocycles. The lowest BCUT2D eigenvalue weighted by Crippen LogP contribution is -2.03. The van der Waals surface area contributed by atoms with Gasteiger partial charge in [0.1, 0.15) is 12.4 Å². The number of hydrogen-bond donors (Lipinski definition) is 2. The summed E-state index contributed by atoms with van der Waals surface area (Å²) in [4.78, 5) is 0. The quantitative estimate of drug-likeness (QED) is 0.863. The second-order valence-electron chi connectivity index (χ2n) is 3.89. The molecule has 2 aromatic carbocycles. The number of rotatable bonds is 4. The van der Waals surface area contributed by atoms with Gasteiger partial charge >= 0.3 is 0 Å². The fourth-order valence-corrected chi connectivity index (χ4v) is 1.66. The van der Waals surface area contributed by atoms with E-state index in [0.29, 0.717) is 12.3 Å². The Kier molecular flexibility index (Phi) is 3.86. The molecule has 0 radical (unpaired) electrons. The van der Waals surface area contributed by atoms with E-state index in [4.69, 9.17) is 16.2 Å². The highest BCUT2D eigenvalue weighted by Crippen LogP contribution is 2.23. The number of nitrogens with two attached hydrogens (primary N) is 2. The first-order valence-corrected chi connectivity index (χ1v) is 5.75. The van der Waals surface area contributed by atoms with Crippen LogP contribution < -0.4 is 16.2 Å². The molecule has 0 fully saturated rings. The van der Waals surface area contributed by atoms with E-state index in [-0.39, 0.29) is 0 Å². The Hall–Kier alpha value is -2.42. The summed E-state index contributed by atoms with van der Waals surface area (Å²) < 4.78 is 5.77. The summed E-state index contributed by atoms with van der Waals surface area (Å²) in [6.45, 7) is 0.510. The number of hydrogen-bond acceptors (Lipinski definition) is 3. The Morgan fingerprint density at radius 2 is 1.67 bits per heavy atom. The van der Waals surface area contributed by atoms with Gasteiger partial charge in [-0.1, -0.05) is 42.5 Å². The fourth-order valence-electron chi connectivity index (χ4n) is 1.66. The van der Waals surface area contributed by atoms with Gasteiger partial charge in [0.15, 0.2) is 0 Å². The number of benzene rings is 2. The van der Waals surface area contributed by atoms with Gasteiger partial charge in [0.05, 0.1) is 5.70 Å². The summed E-state index contributed by atoms with van der Waals surface area (Å²) in [6.07, 6.45) is 1.38. The molecule has 0 aliphatic heterocycles. The summed E-state index contributed by atoms with van der Waals surface area (Å²) in [5.74, 6) is 0.737. The predicted molar refractivity (Wildman–Crippen MR) is 73.6 cm³/mol. The van der Waals surface area contributed by atoms with Gasteiger partial charge in [-0.25, -0.2) is 0 Å². The molecule has 0 aromatic heterocycles. The first-order valence-electron chi connectivity index (χ1n) is 5.75. The molecule has 0 aliphatic carbocycles. The summed E-state index contributed by atoms with van der Waals surface area (Å²) >= 11 is 0. The molecule has 0 bridgehead atoms. The smallest absolute Gasteiger partial charge is 0.129 e. The predicted octanol–water partition coefficient (Wildman–Crippen LogP) is 2.48. The highest BCUT2D eigenvalue weighted by molar-refractivity contribution is 5.67. The molecular formula is C15H16N2O. The average molecular weight is 240 g/mol. The summed E-state index contributed by atoms with van der Waals surface area (Å²) in [7, 11) is 0. The lowest BCUT2D eigenvalue weighted by atomic mass is 10.1. The van der Waals surface area contributed by atoms with E-state index in [9.17, 15) is 0 Å². The van der Waals surface area contributed by atoms with Crippen molar-refractivity contribution in [2.75, 3.05) is 0 Å². The lowest BCUT2D eigenvalue weighted by Gasteiger charge is -2.11. The van der Waals surface area contributed by atoms with Crippen LogP contribution in [0.2, 0.25) is 0 Å². The van der Waals surface area contributed by atoms with E-state index in [0.717, 1.165) is 16.9 Å². The highest BCUT2D eigenvalue weighted by atomic mass is 16.5. The van der Waals surface area contributed by atoms with Gasteiger partial charge < -0.3 is 16.2 Å². The third-order valence-electron chi connectivity index (χ3n) is 2.61. The Labute approximate surface area is 107 Å². The second kappa shape index (κ2) is 5.77. The minimum absolute atomic E-state index is 0.510. The molecule has 0 unspecified atom stereocenters. The molecule has 2 rings (SSSR count). The first kappa shape index (κ1) is 12.0. The second-order valence-corrected chi connectivity index (χ2v) is 3.89. The van der Waals surface area contributed by atoms with Crippen LogP contribution in [-0.2, 0) is 6.61 Å². The van der Waals surface area contributed by atoms with Gasteiger partial charge in [0.2, 0.25) is 0 Å². The standard InChI is InChI=1S/C15H16N2O/c16-10-14(17)13-8-4-5-9-15(13)18-11-12-6-2-1-3-7-12/h1-10H,11,16-17H2/b14-10-. The molecule has 0 amide bonds. The molecule has 4 N–H and O–H groups in total. The Morgan fingerprint density at radius 1 is 1.00 bits per heavy atom. The third-order valence-corrected chi connectivity index (χ3v) is 2.61. The van der Waals surface area contributed by atoms with Crippen molar-refractivity contribution in [1.82, 2.24) is 0 Å². The van der Waals surface area contributed by atoms with Gasteiger partial charge in [-0.15, -0.1) is 0 Å². The Bertz CT molecular complexity index is 535. The minimum Gasteiger partial charge on any atom is -0.488 e. The maximum Gasteiger partial charge on any atom is 0.129 e. The monoisotopic (exact) mass is 240 g/mol. The summed E-state index contributed by atoms with van der Waals surface area (Å²) in [6, 6.07) is 17.6. The van der Waals surface area contributed by atoms with Crippen LogP contribution in [0.1, 0.15) is 11.1 Å². The first-order chi connectivity index (χ1) is 8.81. The summed E-state index contributed by atoms with van der Waals surface area (Å²) in [5, 5.41) is 0. The Balaban J connectivity index is 2.15. The minimum atomic E-state index is 0.510. The molecule has 0 atom stereocenters. The van der Waals surface area contributed by atoms with E-state index in [1.165, 1.54) is 6.20 Å². The maximum absolute atomic E-state index is 5.82. The highest BCUT2D eigenvalue weighted by Gasteiger charge is 2.05. The van der Waals surface area contributed by atoms with Crippen LogP contribution in [0.25, 0.3) is 5.70 Å². The van der Waals surface area contributed by atoms with E-state index >= 15 is 0 Å². The molecule has 3 heteroatoms. The van der Waals surface area contributed by atoms with Crippen molar-refractivity contribution >= 4 is 5.70 Å². The van der Waals surface area contributed by atoms with Gasteiger partial charge in [-0.3, -0.25) is 0 Å². The Morgan fingerprint density at radius 3 is 2.39 bits per heavy atom. The van der Waals surface area contributed by atoms with E-state index in [1.807, 2.05) is 54.6 Å². The largest absolute Gasteiger partial charge is 0.488 e. The normalized spacial score (nSPS) is 11.2. The van der Waals surface area contributed by atoms with Crippen molar-refractivity contribution in [3.05, 3.63) is 71.9 Å². The lowest BCUT2D eigenvalue weighted by molar-refractivity contribution is 0.305. The topological polar surface area (TPSA) is 61.3 Å². The van der Waals surface area contributed by atoms with E-state index < -0.39 is 0 Å². The fraction of sp³-hybridized carbons (Fsp3) is 0.0667. The molecule has 0 spiro atoms. The molecular weight excluding hydrogens is 224 g/mol. The third kappa shape index (κ3) is 2.83. The van der Waals surface area contributed by atoms with Gasteiger partial charge in [0.25, 0.3) is 0 Å². The van der Waals surface area contributed by atoms with Crippen LogP contribution in [0, 0.1) is 0 Å². The van der Waals surface area contributed by atoms with Crippen LogP contribution in [-0.4, -0.2) is 0 Å². The van der Waals surface area contributed by atoms with E-state index in [2.05, 4.69) is 0 Å². The van der Waals surface area contributed by atoms with Crippen LogP contribution in [0.3, 0.4) is 0 Å².